The molecule has 1 aliphatic heterocycles. The van der Waals surface area contributed by atoms with Crippen molar-refractivity contribution in [3.63, 3.8) is 0 Å². The van der Waals surface area contributed by atoms with Crippen LogP contribution in [0.25, 0.3) is 0 Å². The van der Waals surface area contributed by atoms with Crippen LogP contribution in [0.15, 0.2) is 54.9 Å². The van der Waals surface area contributed by atoms with Crippen LogP contribution in [-0.2, 0) is 18.4 Å². The molecule has 3 heterocycles. The highest BCUT2D eigenvalue weighted by Gasteiger charge is 2.17. The summed E-state index contributed by atoms with van der Waals surface area (Å²) in [4.78, 5) is 21.7. The molecule has 1 amide bonds. The molecule has 2 aromatic heterocycles. The zero-order chi connectivity index (χ0) is 21.1. The van der Waals surface area contributed by atoms with Gasteiger partial charge in [-0.1, -0.05) is 32.9 Å². The number of nitrogens with one attached hydrogen (secondary N) is 3. The molecule has 154 valence electrons. The maximum absolute atomic E-state index is 12.9. The molecule has 0 atom stereocenters. The van der Waals surface area contributed by atoms with Gasteiger partial charge in [-0.05, 0) is 53.3 Å². The molecule has 0 spiro atoms. The number of hydrogen-bond donors (Lipinski definition) is 3. The molecule has 6 heteroatoms. The first kappa shape index (κ1) is 19.9. The second kappa shape index (κ2) is 8.14. The van der Waals surface area contributed by atoms with E-state index in [1.165, 1.54) is 16.7 Å². The summed E-state index contributed by atoms with van der Waals surface area (Å²) < 4.78 is 0. The molecule has 0 saturated heterocycles. The first-order valence-corrected chi connectivity index (χ1v) is 10.2. The fraction of sp³-hybridized carbons (Fsp3) is 0.292. The van der Waals surface area contributed by atoms with Gasteiger partial charge in [0.15, 0.2) is 0 Å². The Morgan fingerprint density at radius 2 is 1.87 bits per heavy atom. The van der Waals surface area contributed by atoms with Crippen molar-refractivity contribution in [2.75, 3.05) is 22.5 Å². The van der Waals surface area contributed by atoms with Gasteiger partial charge in [0.05, 0.1) is 5.56 Å². The van der Waals surface area contributed by atoms with E-state index in [9.17, 15) is 4.79 Å². The number of aromatic nitrogens is 2. The monoisotopic (exact) mass is 401 g/mol. The fourth-order valence-electron chi connectivity index (χ4n) is 3.60. The summed E-state index contributed by atoms with van der Waals surface area (Å²) in [6, 6.07) is 13.6. The summed E-state index contributed by atoms with van der Waals surface area (Å²) in [6.45, 7) is 8.00. The van der Waals surface area contributed by atoms with Gasteiger partial charge < -0.3 is 16.0 Å². The van der Waals surface area contributed by atoms with E-state index in [4.69, 9.17) is 0 Å². The lowest BCUT2D eigenvalue weighted by atomic mass is 9.87. The SMILES string of the molecule is CC(C)(C)c1ccc(NC(=O)c2cccnc2NCc2ccnc3c2CCN3)cc1. The Labute approximate surface area is 177 Å². The Kier molecular flexibility index (Phi) is 5.40. The molecule has 0 saturated carbocycles. The third kappa shape index (κ3) is 4.27. The highest BCUT2D eigenvalue weighted by Crippen LogP contribution is 2.25. The van der Waals surface area contributed by atoms with Crippen LogP contribution in [0.3, 0.4) is 0 Å². The molecule has 0 unspecified atom stereocenters. The number of nitrogens with zero attached hydrogens (tertiary/aromatic N) is 2. The van der Waals surface area contributed by atoms with Crippen molar-refractivity contribution in [3.8, 4) is 0 Å². The van der Waals surface area contributed by atoms with Crippen LogP contribution in [-0.4, -0.2) is 22.4 Å². The molecule has 0 bridgehead atoms. The number of pyridine rings is 2. The van der Waals surface area contributed by atoms with Crippen molar-refractivity contribution in [2.45, 2.75) is 39.2 Å². The van der Waals surface area contributed by atoms with Crippen LogP contribution in [0.2, 0.25) is 0 Å². The molecular weight excluding hydrogens is 374 g/mol. The van der Waals surface area contributed by atoms with Crippen LogP contribution in [0.5, 0.6) is 0 Å². The van der Waals surface area contributed by atoms with E-state index in [0.717, 1.165) is 24.5 Å². The predicted molar refractivity (Wildman–Crippen MR) is 121 cm³/mol. The molecule has 4 rings (SSSR count). The van der Waals surface area contributed by atoms with E-state index < -0.39 is 0 Å². The van der Waals surface area contributed by atoms with Crippen molar-refractivity contribution in [2.24, 2.45) is 0 Å². The predicted octanol–water partition coefficient (Wildman–Crippen LogP) is 4.61. The van der Waals surface area contributed by atoms with Crippen molar-refractivity contribution in [1.82, 2.24) is 9.97 Å². The van der Waals surface area contributed by atoms with E-state index in [0.29, 0.717) is 17.9 Å². The molecular formula is C24H27N5O. The third-order valence-corrected chi connectivity index (χ3v) is 5.33. The number of carbonyl (C=O) groups excluding carboxylic acids is 1. The normalized spacial score (nSPS) is 12.8. The Morgan fingerprint density at radius 1 is 1.07 bits per heavy atom. The molecule has 0 radical (unpaired) electrons. The number of carbonyl (C=O) groups is 1. The lowest BCUT2D eigenvalue weighted by Crippen LogP contribution is -2.16. The maximum Gasteiger partial charge on any atom is 0.259 e. The molecule has 1 aliphatic rings. The van der Waals surface area contributed by atoms with Gasteiger partial charge in [0.2, 0.25) is 0 Å². The van der Waals surface area contributed by atoms with Crippen LogP contribution in [0.4, 0.5) is 17.3 Å². The van der Waals surface area contributed by atoms with Crippen LogP contribution >= 0.6 is 0 Å². The van der Waals surface area contributed by atoms with Crippen molar-refractivity contribution in [3.05, 3.63) is 77.1 Å². The minimum absolute atomic E-state index is 0.0750. The molecule has 3 aromatic rings. The first-order chi connectivity index (χ1) is 14.4. The average molecular weight is 402 g/mol. The molecule has 1 aromatic carbocycles. The Morgan fingerprint density at radius 3 is 2.63 bits per heavy atom. The Hall–Kier alpha value is -3.41. The minimum Gasteiger partial charge on any atom is -0.370 e. The number of anilines is 3. The Bertz CT molecular complexity index is 1050. The van der Waals surface area contributed by atoms with Gasteiger partial charge in [-0.2, -0.15) is 0 Å². The van der Waals surface area contributed by atoms with Crippen LogP contribution in [0, 0.1) is 0 Å². The van der Waals surface area contributed by atoms with Crippen LogP contribution < -0.4 is 16.0 Å². The van der Waals surface area contributed by atoms with E-state index in [1.807, 2.05) is 24.4 Å². The lowest BCUT2D eigenvalue weighted by molar-refractivity contribution is 0.102. The second-order valence-electron chi connectivity index (χ2n) is 8.51. The smallest absolute Gasteiger partial charge is 0.259 e. The highest BCUT2D eigenvalue weighted by molar-refractivity contribution is 6.07. The summed E-state index contributed by atoms with van der Waals surface area (Å²) in [5.74, 6) is 1.33. The average Bonchev–Trinajstić information content (AvgIpc) is 3.21. The number of benzene rings is 1. The van der Waals surface area contributed by atoms with Gasteiger partial charge >= 0.3 is 0 Å². The highest BCUT2D eigenvalue weighted by atomic mass is 16.1. The molecule has 3 N–H and O–H groups in total. The van der Waals surface area contributed by atoms with Gasteiger partial charge in [-0.15, -0.1) is 0 Å². The van der Waals surface area contributed by atoms with Crippen molar-refractivity contribution < 1.29 is 4.79 Å². The summed E-state index contributed by atoms with van der Waals surface area (Å²) in [6.07, 6.45) is 4.46. The standard InChI is InChI=1S/C24H27N5O/c1-24(2,3)17-6-8-18(9-7-17)29-23(30)20-5-4-12-25-22(20)28-15-16-10-13-26-21-19(16)11-14-27-21/h4-10,12-13H,11,14-15H2,1-3H3,(H,25,28)(H,26,27)(H,29,30). The first-order valence-electron chi connectivity index (χ1n) is 10.2. The number of rotatable bonds is 5. The van der Waals surface area contributed by atoms with E-state index in [-0.39, 0.29) is 11.3 Å². The molecule has 6 nitrogen and oxygen atoms in total. The lowest BCUT2D eigenvalue weighted by Gasteiger charge is -2.19. The summed E-state index contributed by atoms with van der Waals surface area (Å²) >= 11 is 0. The van der Waals surface area contributed by atoms with Gasteiger partial charge in [0, 0.05) is 36.7 Å². The quantitative estimate of drug-likeness (QED) is 0.582. The van der Waals surface area contributed by atoms with Gasteiger partial charge in [-0.25, -0.2) is 9.97 Å². The zero-order valence-corrected chi connectivity index (χ0v) is 17.6. The summed E-state index contributed by atoms with van der Waals surface area (Å²) in [5, 5.41) is 9.60. The van der Waals surface area contributed by atoms with Crippen molar-refractivity contribution in [1.29, 1.82) is 0 Å². The van der Waals surface area contributed by atoms with E-state index in [2.05, 4.69) is 58.8 Å². The fourth-order valence-corrected chi connectivity index (χ4v) is 3.60. The maximum atomic E-state index is 12.9. The van der Waals surface area contributed by atoms with E-state index >= 15 is 0 Å². The number of hydrogen-bond acceptors (Lipinski definition) is 5. The minimum atomic E-state index is -0.185. The molecule has 30 heavy (non-hydrogen) atoms. The van der Waals surface area contributed by atoms with E-state index in [1.54, 1.807) is 18.3 Å². The largest absolute Gasteiger partial charge is 0.370 e. The Balaban J connectivity index is 1.48. The number of fused-ring (bicyclic) bond motifs is 1. The second-order valence-corrected chi connectivity index (χ2v) is 8.51. The summed E-state index contributed by atoms with van der Waals surface area (Å²) in [7, 11) is 0. The van der Waals surface area contributed by atoms with Gasteiger partial charge in [0.1, 0.15) is 11.6 Å². The van der Waals surface area contributed by atoms with Gasteiger partial charge in [0.25, 0.3) is 5.91 Å². The van der Waals surface area contributed by atoms with Crippen LogP contribution in [0.1, 0.15) is 47.8 Å². The van der Waals surface area contributed by atoms with Gasteiger partial charge in [-0.3, -0.25) is 4.79 Å². The molecule has 0 fully saturated rings. The summed E-state index contributed by atoms with van der Waals surface area (Å²) in [5.41, 5.74) is 4.97. The number of amides is 1. The zero-order valence-electron chi connectivity index (χ0n) is 17.6. The van der Waals surface area contributed by atoms with Crippen molar-refractivity contribution >= 4 is 23.2 Å². The topological polar surface area (TPSA) is 78.9 Å². The molecule has 0 aliphatic carbocycles. The third-order valence-electron chi connectivity index (χ3n) is 5.33.